The molecule has 1 aliphatic rings. The van der Waals surface area contributed by atoms with Crippen molar-refractivity contribution in [3.05, 3.63) is 16.1 Å². The summed E-state index contributed by atoms with van der Waals surface area (Å²) in [4.78, 5) is 6.34. The summed E-state index contributed by atoms with van der Waals surface area (Å²) < 4.78 is 5.60. The van der Waals surface area contributed by atoms with Gasteiger partial charge in [-0.25, -0.2) is 4.98 Å². The number of ether oxygens (including phenoxy) is 1. The van der Waals surface area contributed by atoms with Crippen LogP contribution in [0.4, 0.5) is 11.6 Å². The monoisotopic (exact) mass is 275 g/mol. The maximum Gasteiger partial charge on any atom is 0.150 e. The van der Waals surface area contributed by atoms with E-state index in [2.05, 4.69) is 16.8 Å². The molecule has 2 N–H and O–H groups in total. The van der Waals surface area contributed by atoms with E-state index in [-0.39, 0.29) is 6.10 Å². The molecule has 0 radical (unpaired) electrons. The average molecular weight is 276 g/mol. The zero-order chi connectivity index (χ0) is 12.4. The van der Waals surface area contributed by atoms with Crippen LogP contribution in [0, 0.1) is 0 Å². The lowest BCUT2D eigenvalue weighted by Gasteiger charge is -2.33. The Morgan fingerprint density at radius 3 is 3.00 bits per heavy atom. The van der Waals surface area contributed by atoms with Crippen molar-refractivity contribution in [1.29, 1.82) is 0 Å². The minimum absolute atomic E-state index is 0.221. The van der Waals surface area contributed by atoms with Gasteiger partial charge in [0.25, 0.3) is 0 Å². The Morgan fingerprint density at radius 2 is 2.29 bits per heavy atom. The van der Waals surface area contributed by atoms with Crippen molar-refractivity contribution in [2.75, 3.05) is 30.3 Å². The minimum atomic E-state index is 0.221. The molecule has 2 rings (SSSR count). The van der Waals surface area contributed by atoms with Gasteiger partial charge in [0, 0.05) is 13.1 Å². The Labute approximate surface area is 111 Å². The highest BCUT2D eigenvalue weighted by molar-refractivity contribution is 6.37. The SMILES string of the molecule is CCC1CN(c2nc(N)c(Cl)cc2Cl)CCO1. The van der Waals surface area contributed by atoms with Crippen LogP contribution in [0.15, 0.2) is 6.07 Å². The summed E-state index contributed by atoms with van der Waals surface area (Å²) >= 11 is 12.0. The van der Waals surface area contributed by atoms with Gasteiger partial charge in [-0.2, -0.15) is 0 Å². The molecule has 0 aliphatic carbocycles. The first-order chi connectivity index (χ1) is 8.11. The highest BCUT2D eigenvalue weighted by Gasteiger charge is 2.22. The summed E-state index contributed by atoms with van der Waals surface area (Å²) in [6.07, 6.45) is 1.19. The number of aromatic nitrogens is 1. The van der Waals surface area contributed by atoms with E-state index in [1.54, 1.807) is 6.07 Å². The fourth-order valence-corrected chi connectivity index (χ4v) is 2.33. The van der Waals surface area contributed by atoms with Crippen LogP contribution in [0.1, 0.15) is 13.3 Å². The second-order valence-corrected chi connectivity index (χ2v) is 4.82. The molecule has 1 saturated heterocycles. The third-order valence-electron chi connectivity index (χ3n) is 2.83. The molecule has 1 fully saturated rings. The number of hydrogen-bond donors (Lipinski definition) is 1. The van der Waals surface area contributed by atoms with E-state index < -0.39 is 0 Å². The molecule has 1 aromatic heterocycles. The smallest absolute Gasteiger partial charge is 0.150 e. The van der Waals surface area contributed by atoms with Crippen LogP contribution in [-0.4, -0.2) is 30.8 Å². The summed E-state index contributed by atoms with van der Waals surface area (Å²) in [5.74, 6) is 1.00. The topological polar surface area (TPSA) is 51.4 Å². The summed E-state index contributed by atoms with van der Waals surface area (Å²) in [6, 6.07) is 1.64. The van der Waals surface area contributed by atoms with Gasteiger partial charge in [0.2, 0.25) is 0 Å². The molecule has 17 heavy (non-hydrogen) atoms. The van der Waals surface area contributed by atoms with Gasteiger partial charge in [-0.15, -0.1) is 0 Å². The number of nitrogen functional groups attached to an aromatic ring is 1. The molecule has 4 nitrogen and oxygen atoms in total. The van der Waals surface area contributed by atoms with Crippen LogP contribution < -0.4 is 10.6 Å². The van der Waals surface area contributed by atoms with E-state index >= 15 is 0 Å². The number of nitrogens with two attached hydrogens (primary N) is 1. The fraction of sp³-hybridized carbons (Fsp3) is 0.545. The van der Waals surface area contributed by atoms with Crippen molar-refractivity contribution in [3.8, 4) is 0 Å². The molecule has 0 aromatic carbocycles. The average Bonchev–Trinajstić information content (AvgIpc) is 2.34. The van der Waals surface area contributed by atoms with E-state index in [1.165, 1.54) is 0 Å². The highest BCUT2D eigenvalue weighted by atomic mass is 35.5. The van der Waals surface area contributed by atoms with Crippen LogP contribution >= 0.6 is 23.2 Å². The lowest BCUT2D eigenvalue weighted by Crippen LogP contribution is -2.42. The second-order valence-electron chi connectivity index (χ2n) is 4.01. The number of hydrogen-bond acceptors (Lipinski definition) is 4. The van der Waals surface area contributed by atoms with Gasteiger partial charge in [0.05, 0.1) is 22.8 Å². The van der Waals surface area contributed by atoms with Gasteiger partial charge in [-0.3, -0.25) is 0 Å². The molecule has 1 aliphatic heterocycles. The summed E-state index contributed by atoms with van der Waals surface area (Å²) in [6.45, 7) is 4.33. The highest BCUT2D eigenvalue weighted by Crippen LogP contribution is 2.31. The molecule has 1 atom stereocenters. The summed E-state index contributed by atoms with van der Waals surface area (Å²) in [7, 11) is 0. The van der Waals surface area contributed by atoms with E-state index in [0.717, 1.165) is 19.5 Å². The molecule has 6 heteroatoms. The Morgan fingerprint density at radius 1 is 1.53 bits per heavy atom. The van der Waals surface area contributed by atoms with E-state index in [4.69, 9.17) is 33.7 Å². The first-order valence-corrected chi connectivity index (χ1v) is 6.35. The molecule has 0 bridgehead atoms. The van der Waals surface area contributed by atoms with Gasteiger partial charge in [-0.05, 0) is 12.5 Å². The van der Waals surface area contributed by atoms with Crippen LogP contribution in [0.5, 0.6) is 0 Å². The molecule has 1 aromatic rings. The molecule has 0 saturated carbocycles. The van der Waals surface area contributed by atoms with Crippen LogP contribution in [-0.2, 0) is 4.74 Å². The number of anilines is 2. The molecular formula is C11H15Cl2N3O. The predicted octanol–water partition coefficient (Wildman–Crippen LogP) is 2.59. The molecule has 1 unspecified atom stereocenters. The molecule has 2 heterocycles. The summed E-state index contributed by atoms with van der Waals surface area (Å²) in [5, 5.41) is 0.917. The lowest BCUT2D eigenvalue weighted by atomic mass is 10.2. The van der Waals surface area contributed by atoms with E-state index in [0.29, 0.717) is 28.3 Å². The number of nitrogens with zero attached hydrogens (tertiary/aromatic N) is 2. The fourth-order valence-electron chi connectivity index (χ4n) is 1.85. The summed E-state index contributed by atoms with van der Waals surface area (Å²) in [5.41, 5.74) is 5.70. The van der Waals surface area contributed by atoms with E-state index in [9.17, 15) is 0 Å². The third-order valence-corrected chi connectivity index (χ3v) is 3.41. The van der Waals surface area contributed by atoms with Crippen molar-refractivity contribution in [2.24, 2.45) is 0 Å². The van der Waals surface area contributed by atoms with Crippen LogP contribution in [0.25, 0.3) is 0 Å². The van der Waals surface area contributed by atoms with Gasteiger partial charge in [0.15, 0.2) is 0 Å². The Balaban J connectivity index is 2.24. The molecule has 94 valence electrons. The maximum atomic E-state index is 6.14. The first kappa shape index (κ1) is 12.7. The normalized spacial score (nSPS) is 20.6. The van der Waals surface area contributed by atoms with Crippen molar-refractivity contribution in [1.82, 2.24) is 4.98 Å². The standard InChI is InChI=1S/C11H15Cl2N3O/c1-2-7-6-16(3-4-17-7)11-9(13)5-8(12)10(14)15-11/h5,7H,2-4,6H2,1H3,(H2,14,15). The van der Waals surface area contributed by atoms with Crippen molar-refractivity contribution in [2.45, 2.75) is 19.4 Å². The molecular weight excluding hydrogens is 261 g/mol. The number of morpholine rings is 1. The Hall–Kier alpha value is -0.710. The number of halogens is 2. The minimum Gasteiger partial charge on any atom is -0.382 e. The Kier molecular flexibility index (Phi) is 3.97. The van der Waals surface area contributed by atoms with Crippen molar-refractivity contribution in [3.63, 3.8) is 0 Å². The first-order valence-electron chi connectivity index (χ1n) is 5.60. The quantitative estimate of drug-likeness (QED) is 0.902. The Bertz CT molecular complexity index is 414. The van der Waals surface area contributed by atoms with E-state index in [1.807, 2.05) is 0 Å². The van der Waals surface area contributed by atoms with Crippen molar-refractivity contribution < 1.29 is 4.74 Å². The third kappa shape index (κ3) is 2.76. The number of rotatable bonds is 2. The molecule has 0 spiro atoms. The van der Waals surface area contributed by atoms with Gasteiger partial charge < -0.3 is 15.4 Å². The van der Waals surface area contributed by atoms with Crippen molar-refractivity contribution >= 4 is 34.8 Å². The van der Waals surface area contributed by atoms with Crippen LogP contribution in [0.3, 0.4) is 0 Å². The molecule has 0 amide bonds. The lowest BCUT2D eigenvalue weighted by molar-refractivity contribution is 0.0382. The maximum absolute atomic E-state index is 6.14. The van der Waals surface area contributed by atoms with Gasteiger partial charge in [-0.1, -0.05) is 30.1 Å². The van der Waals surface area contributed by atoms with Gasteiger partial charge >= 0.3 is 0 Å². The zero-order valence-electron chi connectivity index (χ0n) is 9.62. The second kappa shape index (κ2) is 5.29. The largest absolute Gasteiger partial charge is 0.382 e. The van der Waals surface area contributed by atoms with Crippen LogP contribution in [0.2, 0.25) is 10.0 Å². The predicted molar refractivity (Wildman–Crippen MR) is 70.9 cm³/mol. The zero-order valence-corrected chi connectivity index (χ0v) is 11.1. The number of pyridine rings is 1. The van der Waals surface area contributed by atoms with Gasteiger partial charge in [0.1, 0.15) is 11.6 Å².